The van der Waals surface area contributed by atoms with Crippen LogP contribution < -0.4 is 9.64 Å². The van der Waals surface area contributed by atoms with Crippen LogP contribution in [0.15, 0.2) is 22.7 Å². The van der Waals surface area contributed by atoms with Crippen LogP contribution in [0.2, 0.25) is 0 Å². The number of fused-ring (bicyclic) bond motifs is 1. The van der Waals surface area contributed by atoms with Crippen molar-refractivity contribution in [3.63, 3.8) is 0 Å². The van der Waals surface area contributed by atoms with Gasteiger partial charge in [0.05, 0.1) is 6.54 Å². The first-order valence-corrected chi connectivity index (χ1v) is 8.09. The van der Waals surface area contributed by atoms with Gasteiger partial charge in [-0.2, -0.15) is 0 Å². The van der Waals surface area contributed by atoms with Gasteiger partial charge in [-0.3, -0.25) is 14.5 Å². The molecule has 0 bridgehead atoms. The van der Waals surface area contributed by atoms with Crippen molar-refractivity contribution in [2.24, 2.45) is 0 Å². The molecule has 1 aliphatic rings. The van der Waals surface area contributed by atoms with E-state index in [1.807, 2.05) is 13.8 Å². The lowest BCUT2D eigenvalue weighted by molar-refractivity contribution is -0.132. The number of amides is 2. The van der Waals surface area contributed by atoms with Crippen molar-refractivity contribution in [3.8, 4) is 5.75 Å². The lowest BCUT2D eigenvalue weighted by Gasteiger charge is -2.29. The van der Waals surface area contributed by atoms with Crippen LogP contribution >= 0.6 is 0 Å². The minimum Gasteiger partial charge on any atom is -0.480 e. The quantitative estimate of drug-likeness (QED) is 0.763. The maximum Gasteiger partial charge on any atom is 0.266 e. The summed E-state index contributed by atoms with van der Waals surface area (Å²) in [6.45, 7) is 4.19. The number of aromatic nitrogens is 3. The molecule has 0 N–H and O–H groups in total. The molecular formula is C16H19N5O4. The maximum absolute atomic E-state index is 12.7. The van der Waals surface area contributed by atoms with Gasteiger partial charge in [0, 0.05) is 19.2 Å². The molecule has 2 aromatic heterocycles. The molecule has 2 aromatic rings. The number of hydrogen-bond donors (Lipinski definition) is 0. The molecule has 9 nitrogen and oxygen atoms in total. The Labute approximate surface area is 144 Å². The Balaban J connectivity index is 1.72. The van der Waals surface area contributed by atoms with E-state index in [0.717, 1.165) is 0 Å². The van der Waals surface area contributed by atoms with E-state index in [1.54, 1.807) is 23.2 Å². The van der Waals surface area contributed by atoms with Gasteiger partial charge in [0.15, 0.2) is 18.2 Å². The third-order valence-corrected chi connectivity index (χ3v) is 3.82. The van der Waals surface area contributed by atoms with Gasteiger partial charge >= 0.3 is 0 Å². The van der Waals surface area contributed by atoms with E-state index in [4.69, 9.17) is 9.15 Å². The summed E-state index contributed by atoms with van der Waals surface area (Å²) in [5.41, 5.74) is 0. The molecule has 0 radical (unpaired) electrons. The van der Waals surface area contributed by atoms with Crippen molar-refractivity contribution in [1.29, 1.82) is 0 Å². The van der Waals surface area contributed by atoms with Gasteiger partial charge in [-0.25, -0.2) is 4.98 Å². The maximum atomic E-state index is 12.7. The Hall–Kier alpha value is -2.97. The number of pyridine rings is 1. The van der Waals surface area contributed by atoms with Gasteiger partial charge in [-0.1, -0.05) is 6.92 Å². The van der Waals surface area contributed by atoms with Gasteiger partial charge in [0.1, 0.15) is 6.54 Å². The molecule has 0 atom stereocenters. The highest BCUT2D eigenvalue weighted by atomic mass is 16.5. The molecule has 9 heteroatoms. The third kappa shape index (κ3) is 3.59. The van der Waals surface area contributed by atoms with Crippen LogP contribution in [0, 0.1) is 0 Å². The normalized spacial score (nSPS) is 13.4. The number of hydrogen-bond acceptors (Lipinski definition) is 7. The molecule has 3 heterocycles. The first-order valence-electron chi connectivity index (χ1n) is 8.09. The fourth-order valence-corrected chi connectivity index (χ4v) is 2.47. The molecule has 3 rings (SSSR count). The Bertz CT molecular complexity index is 775. The van der Waals surface area contributed by atoms with Crippen LogP contribution in [0.3, 0.4) is 0 Å². The molecule has 0 fully saturated rings. The highest BCUT2D eigenvalue weighted by Crippen LogP contribution is 2.28. The molecule has 25 heavy (non-hydrogen) atoms. The fraction of sp³-hybridized carbons (Fsp3) is 0.438. The van der Waals surface area contributed by atoms with E-state index in [2.05, 4.69) is 15.2 Å². The predicted molar refractivity (Wildman–Crippen MR) is 86.9 cm³/mol. The summed E-state index contributed by atoms with van der Waals surface area (Å²) in [7, 11) is 0. The zero-order valence-corrected chi connectivity index (χ0v) is 14.1. The van der Waals surface area contributed by atoms with Crippen LogP contribution in [0.5, 0.6) is 5.75 Å². The molecule has 0 saturated carbocycles. The summed E-state index contributed by atoms with van der Waals surface area (Å²) >= 11 is 0. The van der Waals surface area contributed by atoms with Gasteiger partial charge in [-0.15, -0.1) is 10.2 Å². The summed E-state index contributed by atoms with van der Waals surface area (Å²) in [5.74, 6) is 1.21. The van der Waals surface area contributed by atoms with Gasteiger partial charge in [0.25, 0.3) is 5.91 Å². The number of carbonyl (C=O) groups is 2. The SMILES string of the molecule is CCc1nnc(CN(CC)C(=O)CN2C(=O)COc3cccnc32)o1. The van der Waals surface area contributed by atoms with Crippen molar-refractivity contribution in [1.82, 2.24) is 20.1 Å². The van der Waals surface area contributed by atoms with E-state index in [0.29, 0.717) is 36.3 Å². The number of anilines is 1. The highest BCUT2D eigenvalue weighted by molar-refractivity contribution is 6.01. The molecule has 0 unspecified atom stereocenters. The van der Waals surface area contributed by atoms with Crippen LogP contribution in [-0.2, 0) is 22.6 Å². The monoisotopic (exact) mass is 345 g/mol. The number of nitrogens with zero attached hydrogens (tertiary/aromatic N) is 5. The third-order valence-electron chi connectivity index (χ3n) is 3.82. The summed E-state index contributed by atoms with van der Waals surface area (Å²) < 4.78 is 10.8. The lowest BCUT2D eigenvalue weighted by atomic mass is 10.3. The second kappa shape index (κ2) is 7.29. The standard InChI is InChI=1S/C16H19N5O4/c1-3-12-18-19-13(25-12)8-20(4-2)14(22)9-21-15(23)10-24-11-6-5-7-17-16(11)21/h5-7H,3-4,8-10H2,1-2H3. The second-order valence-electron chi connectivity index (χ2n) is 5.44. The smallest absolute Gasteiger partial charge is 0.266 e. The molecule has 0 aromatic carbocycles. The summed E-state index contributed by atoms with van der Waals surface area (Å²) in [6, 6.07) is 3.43. The van der Waals surface area contributed by atoms with E-state index >= 15 is 0 Å². The van der Waals surface area contributed by atoms with Crippen LogP contribution in [0.25, 0.3) is 0 Å². The highest BCUT2D eigenvalue weighted by Gasteiger charge is 2.30. The predicted octanol–water partition coefficient (Wildman–Crippen LogP) is 0.801. The van der Waals surface area contributed by atoms with Gasteiger partial charge in [0.2, 0.25) is 17.7 Å². The summed E-state index contributed by atoms with van der Waals surface area (Å²) in [5, 5.41) is 7.82. The molecule has 132 valence electrons. The number of rotatable bonds is 6. The van der Waals surface area contributed by atoms with Gasteiger partial charge in [-0.05, 0) is 19.1 Å². The lowest BCUT2D eigenvalue weighted by Crippen LogP contribution is -2.46. The summed E-state index contributed by atoms with van der Waals surface area (Å²) in [4.78, 5) is 31.9. The van der Waals surface area contributed by atoms with Crippen molar-refractivity contribution in [2.75, 3.05) is 24.6 Å². The first-order chi connectivity index (χ1) is 12.1. The van der Waals surface area contributed by atoms with Crippen LogP contribution in [0.4, 0.5) is 5.82 Å². The van der Waals surface area contributed by atoms with E-state index in [1.165, 1.54) is 4.90 Å². The van der Waals surface area contributed by atoms with E-state index in [9.17, 15) is 9.59 Å². The largest absolute Gasteiger partial charge is 0.480 e. The van der Waals surface area contributed by atoms with Crippen LogP contribution in [0.1, 0.15) is 25.6 Å². The fourth-order valence-electron chi connectivity index (χ4n) is 2.47. The zero-order valence-electron chi connectivity index (χ0n) is 14.1. The second-order valence-corrected chi connectivity index (χ2v) is 5.44. The zero-order chi connectivity index (χ0) is 17.8. The number of likely N-dealkylation sites (N-methyl/N-ethyl adjacent to an activating group) is 1. The molecule has 0 saturated heterocycles. The van der Waals surface area contributed by atoms with Crippen molar-refractivity contribution in [2.45, 2.75) is 26.8 Å². The number of aryl methyl sites for hydroxylation is 1. The minimum absolute atomic E-state index is 0.110. The molecular weight excluding hydrogens is 326 g/mol. The summed E-state index contributed by atoms with van der Waals surface area (Å²) in [6.07, 6.45) is 2.19. The Morgan fingerprint density at radius 2 is 2.12 bits per heavy atom. The van der Waals surface area contributed by atoms with E-state index < -0.39 is 0 Å². The average Bonchev–Trinajstić information content (AvgIpc) is 3.09. The first kappa shape index (κ1) is 16.9. The minimum atomic E-state index is -0.304. The van der Waals surface area contributed by atoms with Crippen molar-refractivity contribution >= 4 is 17.6 Å². The molecule has 2 amide bonds. The van der Waals surface area contributed by atoms with Gasteiger partial charge < -0.3 is 14.1 Å². The topological polar surface area (TPSA) is 102 Å². The molecule has 1 aliphatic heterocycles. The number of carbonyl (C=O) groups excluding carboxylic acids is 2. The molecule has 0 aliphatic carbocycles. The van der Waals surface area contributed by atoms with Crippen molar-refractivity contribution in [3.05, 3.63) is 30.1 Å². The molecule has 0 spiro atoms. The Kier molecular flexibility index (Phi) is 4.92. The van der Waals surface area contributed by atoms with Crippen LogP contribution in [-0.4, -0.2) is 51.6 Å². The Morgan fingerprint density at radius 3 is 2.84 bits per heavy atom. The average molecular weight is 345 g/mol. The number of ether oxygens (including phenoxy) is 1. The Morgan fingerprint density at radius 1 is 1.32 bits per heavy atom. The van der Waals surface area contributed by atoms with Crippen molar-refractivity contribution < 1.29 is 18.7 Å². The van der Waals surface area contributed by atoms with E-state index in [-0.39, 0.29) is 31.5 Å².